The van der Waals surface area contributed by atoms with Gasteiger partial charge in [-0.15, -0.1) is 0 Å². The van der Waals surface area contributed by atoms with E-state index in [1.165, 1.54) is 6.42 Å². The molecule has 6 nitrogen and oxygen atoms in total. The van der Waals surface area contributed by atoms with Crippen molar-refractivity contribution in [2.75, 3.05) is 5.32 Å². The van der Waals surface area contributed by atoms with Gasteiger partial charge in [-0.25, -0.2) is 0 Å². The fourth-order valence-electron chi connectivity index (χ4n) is 8.99. The van der Waals surface area contributed by atoms with Crippen molar-refractivity contribution in [3.05, 3.63) is 53.1 Å². The van der Waals surface area contributed by atoms with Crippen LogP contribution in [0.2, 0.25) is 0 Å². The lowest BCUT2D eigenvalue weighted by molar-refractivity contribution is -0.137. The zero-order valence-corrected chi connectivity index (χ0v) is 26.0. The van der Waals surface area contributed by atoms with E-state index in [2.05, 4.69) is 46.0 Å². The van der Waals surface area contributed by atoms with Crippen LogP contribution < -0.4 is 11.1 Å². The molecule has 4 aliphatic carbocycles. The van der Waals surface area contributed by atoms with Crippen molar-refractivity contribution in [1.82, 2.24) is 0 Å². The number of benzene rings is 1. The Labute approximate surface area is 246 Å². The molecule has 0 radical (unpaired) electrons. The summed E-state index contributed by atoms with van der Waals surface area (Å²) < 4.78 is 0. The van der Waals surface area contributed by atoms with Crippen molar-refractivity contribution in [1.29, 1.82) is 0 Å². The van der Waals surface area contributed by atoms with Gasteiger partial charge in [-0.05, 0) is 110 Å². The van der Waals surface area contributed by atoms with Gasteiger partial charge in [0.15, 0.2) is 0 Å². The van der Waals surface area contributed by atoms with Crippen LogP contribution in [0, 0.1) is 34.0 Å². The molecule has 0 aliphatic heterocycles. The number of carbonyl (C=O) groups excluding carboxylic acids is 1. The number of allylic oxidation sites excluding steroid dienone is 3. The van der Waals surface area contributed by atoms with Gasteiger partial charge in [0.1, 0.15) is 6.04 Å². The lowest BCUT2D eigenvalue weighted by atomic mass is 9.46. The number of aliphatic hydroxyl groups is 1. The monoisotopic (exact) mass is 564 g/mol. The highest BCUT2D eigenvalue weighted by Gasteiger charge is 2.58. The summed E-state index contributed by atoms with van der Waals surface area (Å²) in [5, 5.41) is 23.3. The summed E-state index contributed by atoms with van der Waals surface area (Å²) in [6, 6.07) is 9.16. The highest BCUT2D eigenvalue weighted by molar-refractivity contribution is 5.82. The summed E-state index contributed by atoms with van der Waals surface area (Å²) in [6.45, 7) is 13.6. The quantitative estimate of drug-likeness (QED) is 0.282. The Bertz CT molecular complexity index is 1190. The number of anilines is 1. The maximum Gasteiger partial charge on any atom is 0.303 e. The Morgan fingerprint density at radius 1 is 1.05 bits per heavy atom. The summed E-state index contributed by atoms with van der Waals surface area (Å²) in [5.74, 6) is 0.511. The predicted octanol–water partition coefficient (Wildman–Crippen LogP) is 7.10. The van der Waals surface area contributed by atoms with Crippen molar-refractivity contribution in [3.63, 3.8) is 0 Å². The van der Waals surface area contributed by atoms with Gasteiger partial charge in [0, 0.05) is 17.5 Å². The average molecular weight is 565 g/mol. The first-order valence-electron chi connectivity index (χ1n) is 15.7. The third kappa shape index (κ3) is 6.00. The number of nitrogens with one attached hydrogen (secondary N) is 1. The number of nitrogens with two attached hydrogens (primary N) is 1. The van der Waals surface area contributed by atoms with E-state index in [-0.39, 0.29) is 35.3 Å². The number of carbonyl (C=O) groups is 2. The lowest BCUT2D eigenvalue weighted by Gasteiger charge is -2.59. The van der Waals surface area contributed by atoms with E-state index in [1.54, 1.807) is 23.6 Å². The number of carboxylic acid groups (broad SMARTS) is 1. The molecule has 0 bridgehead atoms. The molecule has 226 valence electrons. The molecule has 0 heterocycles. The topological polar surface area (TPSA) is 113 Å². The van der Waals surface area contributed by atoms with Crippen molar-refractivity contribution < 1.29 is 19.8 Å². The van der Waals surface area contributed by atoms with E-state index < -0.39 is 5.97 Å². The molecule has 41 heavy (non-hydrogen) atoms. The molecular formula is C35H52N2O4. The molecule has 1 saturated carbocycles. The van der Waals surface area contributed by atoms with E-state index in [0.29, 0.717) is 23.2 Å². The molecule has 5 N–H and O–H groups in total. The molecule has 6 heteroatoms. The molecule has 2 unspecified atom stereocenters. The van der Waals surface area contributed by atoms with Crippen LogP contribution in [-0.2, 0) is 9.59 Å². The van der Waals surface area contributed by atoms with Gasteiger partial charge in [-0.1, -0.05) is 64.5 Å². The maximum atomic E-state index is 11.2. The third-order valence-corrected chi connectivity index (χ3v) is 11.4. The van der Waals surface area contributed by atoms with Crippen molar-refractivity contribution in [2.45, 2.75) is 111 Å². The fourth-order valence-corrected chi connectivity index (χ4v) is 8.99. The Kier molecular flexibility index (Phi) is 9.13. The van der Waals surface area contributed by atoms with Gasteiger partial charge in [-0.3, -0.25) is 9.59 Å². The number of amides is 1. The number of rotatable bonds is 7. The van der Waals surface area contributed by atoms with Crippen LogP contribution in [0.1, 0.15) is 99.3 Å². The highest BCUT2D eigenvalue weighted by atomic mass is 16.4. The SMILES string of the molecule is CC(Nc1ccccc1)C(N)=O.C[C@H](CCC(=O)O)[C@H]1CC=C2C3=C(CC[C@@]21C)[C@@]1(C)C(O)CCC(C)(C)[C@@H]1CC3. The summed E-state index contributed by atoms with van der Waals surface area (Å²) in [5.41, 5.74) is 11.1. The van der Waals surface area contributed by atoms with E-state index >= 15 is 0 Å². The Morgan fingerprint density at radius 2 is 1.73 bits per heavy atom. The van der Waals surface area contributed by atoms with Crippen molar-refractivity contribution in [2.24, 2.45) is 39.7 Å². The molecule has 1 fully saturated rings. The molecule has 7 atom stereocenters. The van der Waals surface area contributed by atoms with Crippen LogP contribution in [0.3, 0.4) is 0 Å². The van der Waals surface area contributed by atoms with Crippen LogP contribution in [0.4, 0.5) is 5.69 Å². The number of fused-ring (bicyclic) bond motifs is 4. The molecular weight excluding hydrogens is 512 g/mol. The molecule has 5 rings (SSSR count). The number of hydrogen-bond acceptors (Lipinski definition) is 4. The number of primary amides is 1. The molecule has 0 aromatic heterocycles. The largest absolute Gasteiger partial charge is 0.481 e. The van der Waals surface area contributed by atoms with Gasteiger partial charge >= 0.3 is 5.97 Å². The first-order valence-corrected chi connectivity index (χ1v) is 15.7. The molecule has 1 amide bonds. The minimum absolute atomic E-state index is 0.0789. The average Bonchev–Trinajstić information content (AvgIpc) is 3.28. The lowest BCUT2D eigenvalue weighted by Crippen LogP contribution is -2.54. The third-order valence-electron chi connectivity index (χ3n) is 11.4. The minimum Gasteiger partial charge on any atom is -0.481 e. The molecule has 1 aromatic carbocycles. The second kappa shape index (κ2) is 11.9. The standard InChI is InChI=1S/C26H40O3.C9H12N2O/c1-16(6-11-23(28)29)18-8-9-19-17-7-10-21-24(2,3)14-13-22(27)26(21,5)20(17)12-15-25(18,19)4;1-7(9(10)12)11-8-5-3-2-4-6-8/h9,16,18,21-22,27H,6-8,10-15H2,1-5H3,(H,28,29);2-7,11H,1H3,(H2,10,12)/t16-,18-,21+,22?,25-,26-;/m1./s1. The molecule has 0 spiro atoms. The van der Waals surface area contributed by atoms with Crippen LogP contribution in [0.25, 0.3) is 0 Å². The zero-order valence-electron chi connectivity index (χ0n) is 26.0. The zero-order chi connectivity index (χ0) is 30.2. The smallest absolute Gasteiger partial charge is 0.303 e. The van der Waals surface area contributed by atoms with Gasteiger partial charge < -0.3 is 21.3 Å². The summed E-state index contributed by atoms with van der Waals surface area (Å²) in [6.07, 6.45) is 11.0. The maximum absolute atomic E-state index is 11.2. The second-order valence-electron chi connectivity index (χ2n) is 14.3. The predicted molar refractivity (Wildman–Crippen MR) is 165 cm³/mol. The van der Waals surface area contributed by atoms with Crippen molar-refractivity contribution >= 4 is 17.6 Å². The normalized spacial score (nSPS) is 33.1. The van der Waals surface area contributed by atoms with Crippen LogP contribution >= 0.6 is 0 Å². The van der Waals surface area contributed by atoms with Gasteiger partial charge in [0.25, 0.3) is 0 Å². The van der Waals surface area contributed by atoms with Crippen LogP contribution in [-0.4, -0.2) is 34.2 Å². The molecule has 0 saturated heterocycles. The molecule has 4 aliphatic rings. The van der Waals surface area contributed by atoms with E-state index in [9.17, 15) is 14.7 Å². The van der Waals surface area contributed by atoms with E-state index in [1.807, 2.05) is 30.3 Å². The number of aliphatic carboxylic acids is 1. The number of hydrogen-bond donors (Lipinski definition) is 4. The van der Waals surface area contributed by atoms with Crippen molar-refractivity contribution in [3.8, 4) is 0 Å². The Hall–Kier alpha value is -2.60. The first kappa shape index (κ1) is 31.3. The number of aliphatic hydroxyl groups excluding tert-OH is 1. The number of carboxylic acids is 1. The Morgan fingerprint density at radius 3 is 2.37 bits per heavy atom. The fraction of sp³-hybridized carbons (Fsp3) is 0.657. The van der Waals surface area contributed by atoms with Gasteiger partial charge in [0.05, 0.1) is 6.10 Å². The van der Waals surface area contributed by atoms with E-state index in [4.69, 9.17) is 10.8 Å². The van der Waals surface area contributed by atoms with Crippen LogP contribution in [0.15, 0.2) is 53.1 Å². The van der Waals surface area contributed by atoms with E-state index in [0.717, 1.165) is 50.6 Å². The Balaban J connectivity index is 0.000000271. The minimum atomic E-state index is -0.679. The molecule has 1 aromatic rings. The van der Waals surface area contributed by atoms with Crippen LogP contribution in [0.5, 0.6) is 0 Å². The number of para-hydroxylation sites is 1. The van der Waals surface area contributed by atoms with Gasteiger partial charge in [-0.2, -0.15) is 0 Å². The summed E-state index contributed by atoms with van der Waals surface area (Å²) in [4.78, 5) is 21.7. The van der Waals surface area contributed by atoms with Gasteiger partial charge in [0.2, 0.25) is 5.91 Å². The summed E-state index contributed by atoms with van der Waals surface area (Å²) in [7, 11) is 0. The first-order chi connectivity index (χ1) is 19.2. The summed E-state index contributed by atoms with van der Waals surface area (Å²) >= 11 is 0. The second-order valence-corrected chi connectivity index (χ2v) is 14.3. The highest BCUT2D eigenvalue weighted by Crippen LogP contribution is 2.66.